The molecule has 1 aromatic heterocycles. The predicted molar refractivity (Wildman–Crippen MR) is 100 cm³/mol. The number of β-amino-alcohol motifs (C(OH)–C–C–N with tert-alkyl or cyclic N) is 1. The maximum absolute atomic E-state index is 12.8. The highest BCUT2D eigenvalue weighted by atomic mass is 35.5. The van der Waals surface area contributed by atoms with Gasteiger partial charge in [0.25, 0.3) is 0 Å². The fourth-order valence-corrected chi connectivity index (χ4v) is 3.41. The monoisotopic (exact) mass is 407 g/mol. The summed E-state index contributed by atoms with van der Waals surface area (Å²) >= 11 is 5.87. The molecule has 9 heteroatoms. The summed E-state index contributed by atoms with van der Waals surface area (Å²) in [7, 11) is 0. The van der Waals surface area contributed by atoms with Crippen molar-refractivity contribution in [2.45, 2.75) is 38.0 Å². The summed E-state index contributed by atoms with van der Waals surface area (Å²) in [5.74, 6) is -0.370. The molecule has 0 radical (unpaired) electrons. The van der Waals surface area contributed by atoms with E-state index < -0.39 is 24.1 Å². The Morgan fingerprint density at radius 3 is 2.71 bits per heavy atom. The summed E-state index contributed by atoms with van der Waals surface area (Å²) < 4.78 is 5.06. The van der Waals surface area contributed by atoms with E-state index >= 15 is 0 Å². The van der Waals surface area contributed by atoms with E-state index in [9.17, 15) is 19.8 Å². The van der Waals surface area contributed by atoms with Crippen LogP contribution in [0, 0.1) is 6.92 Å². The molecule has 0 saturated carbocycles. The number of aryl methyl sites for hydroxylation is 1. The van der Waals surface area contributed by atoms with Crippen LogP contribution in [0.5, 0.6) is 0 Å². The molecule has 1 aromatic carbocycles. The zero-order valence-corrected chi connectivity index (χ0v) is 16.1. The number of likely N-dealkylation sites (tertiary alicyclic amines) is 1. The van der Waals surface area contributed by atoms with Gasteiger partial charge in [-0.25, -0.2) is 0 Å². The third-order valence-electron chi connectivity index (χ3n) is 4.68. The van der Waals surface area contributed by atoms with Gasteiger partial charge in [0.15, 0.2) is 0 Å². The second kappa shape index (κ2) is 8.72. The number of aliphatic hydroxyl groups excluding tert-OH is 2. The van der Waals surface area contributed by atoms with Crippen LogP contribution in [-0.2, 0) is 16.0 Å². The standard InChI is InChI=1S/C19H22ClN3O5/c1-11-6-15(28-22-11)8-18(26)23-9-14(25)7-17(23)19(27)21-16(10-24)12-2-4-13(20)5-3-12/h2-6,14,16-17,24-25H,7-10H2,1H3,(H,21,27). The Labute approximate surface area is 167 Å². The molecule has 0 spiro atoms. The van der Waals surface area contributed by atoms with Crippen molar-refractivity contribution in [1.82, 2.24) is 15.4 Å². The molecule has 150 valence electrons. The number of nitrogens with one attached hydrogen (secondary N) is 1. The predicted octanol–water partition coefficient (Wildman–Crippen LogP) is 0.991. The van der Waals surface area contributed by atoms with Gasteiger partial charge in [0.2, 0.25) is 11.8 Å². The van der Waals surface area contributed by atoms with E-state index in [0.29, 0.717) is 22.0 Å². The number of hydrogen-bond donors (Lipinski definition) is 3. The number of halogens is 1. The number of aromatic nitrogens is 1. The highest BCUT2D eigenvalue weighted by Gasteiger charge is 2.39. The smallest absolute Gasteiger partial charge is 0.243 e. The topological polar surface area (TPSA) is 116 Å². The molecule has 1 fully saturated rings. The minimum atomic E-state index is -0.826. The number of carbonyl (C=O) groups excluding carboxylic acids is 2. The molecular formula is C19H22ClN3O5. The molecule has 0 aliphatic carbocycles. The minimum Gasteiger partial charge on any atom is -0.394 e. The van der Waals surface area contributed by atoms with E-state index in [1.54, 1.807) is 37.3 Å². The Morgan fingerprint density at radius 1 is 1.39 bits per heavy atom. The summed E-state index contributed by atoms with van der Waals surface area (Å²) in [5.41, 5.74) is 1.35. The fourth-order valence-electron chi connectivity index (χ4n) is 3.29. The normalized spacial score (nSPS) is 20.2. The maximum atomic E-state index is 12.8. The molecule has 3 N–H and O–H groups in total. The fraction of sp³-hybridized carbons (Fsp3) is 0.421. The van der Waals surface area contributed by atoms with Gasteiger partial charge in [0, 0.05) is 24.1 Å². The van der Waals surface area contributed by atoms with Crippen LogP contribution in [0.1, 0.15) is 29.5 Å². The first-order valence-corrected chi connectivity index (χ1v) is 9.31. The van der Waals surface area contributed by atoms with Crippen molar-refractivity contribution in [1.29, 1.82) is 0 Å². The SMILES string of the molecule is Cc1cc(CC(=O)N2CC(O)CC2C(=O)NC(CO)c2ccc(Cl)cc2)on1. The summed E-state index contributed by atoms with van der Waals surface area (Å²) in [6.45, 7) is 1.50. The van der Waals surface area contributed by atoms with Crippen LogP contribution in [0.3, 0.4) is 0 Å². The van der Waals surface area contributed by atoms with Gasteiger partial charge in [-0.1, -0.05) is 28.9 Å². The number of rotatable bonds is 6. The van der Waals surface area contributed by atoms with Crippen molar-refractivity contribution in [3.8, 4) is 0 Å². The first-order chi connectivity index (χ1) is 13.4. The van der Waals surface area contributed by atoms with Crippen molar-refractivity contribution in [2.75, 3.05) is 13.2 Å². The zero-order valence-electron chi connectivity index (χ0n) is 15.3. The van der Waals surface area contributed by atoms with Crippen LogP contribution in [0.2, 0.25) is 5.02 Å². The third-order valence-corrected chi connectivity index (χ3v) is 4.93. The molecule has 0 bridgehead atoms. The number of benzene rings is 1. The average molecular weight is 408 g/mol. The van der Waals surface area contributed by atoms with E-state index in [1.165, 1.54) is 4.90 Å². The lowest BCUT2D eigenvalue weighted by Crippen LogP contribution is -2.47. The van der Waals surface area contributed by atoms with Gasteiger partial charge in [-0.15, -0.1) is 0 Å². The molecular weight excluding hydrogens is 386 g/mol. The summed E-state index contributed by atoms with van der Waals surface area (Å²) in [6, 6.07) is 6.94. The van der Waals surface area contributed by atoms with Gasteiger partial charge < -0.3 is 25.0 Å². The van der Waals surface area contributed by atoms with Gasteiger partial charge in [-0.3, -0.25) is 9.59 Å². The summed E-state index contributed by atoms with van der Waals surface area (Å²) in [4.78, 5) is 26.8. The number of carbonyl (C=O) groups is 2. The van der Waals surface area contributed by atoms with Crippen molar-refractivity contribution in [2.24, 2.45) is 0 Å². The zero-order chi connectivity index (χ0) is 20.3. The van der Waals surface area contributed by atoms with E-state index in [4.69, 9.17) is 16.1 Å². The molecule has 2 aromatic rings. The first kappa shape index (κ1) is 20.3. The Bertz CT molecular complexity index is 838. The molecule has 1 aliphatic rings. The van der Waals surface area contributed by atoms with Gasteiger partial charge >= 0.3 is 0 Å². The van der Waals surface area contributed by atoms with Crippen LogP contribution in [0.25, 0.3) is 0 Å². The van der Waals surface area contributed by atoms with E-state index in [-0.39, 0.29) is 31.9 Å². The third kappa shape index (κ3) is 4.70. The van der Waals surface area contributed by atoms with E-state index in [2.05, 4.69) is 10.5 Å². The minimum absolute atomic E-state index is 0.0437. The molecule has 3 rings (SSSR count). The largest absolute Gasteiger partial charge is 0.394 e. The van der Waals surface area contributed by atoms with Crippen LogP contribution in [0.15, 0.2) is 34.9 Å². The van der Waals surface area contributed by atoms with Crippen molar-refractivity contribution < 1.29 is 24.3 Å². The molecule has 1 aliphatic heterocycles. The molecule has 2 heterocycles. The lowest BCUT2D eigenvalue weighted by molar-refractivity contribution is -0.138. The Balaban J connectivity index is 1.69. The van der Waals surface area contributed by atoms with Gasteiger partial charge in [0.05, 0.1) is 30.9 Å². The number of aliphatic hydroxyl groups is 2. The lowest BCUT2D eigenvalue weighted by atomic mass is 10.1. The maximum Gasteiger partial charge on any atom is 0.243 e. The molecule has 28 heavy (non-hydrogen) atoms. The van der Waals surface area contributed by atoms with Crippen LogP contribution >= 0.6 is 11.6 Å². The van der Waals surface area contributed by atoms with Crippen molar-refractivity contribution in [3.05, 3.63) is 52.4 Å². The Kier molecular flexibility index (Phi) is 6.33. The average Bonchev–Trinajstić information content (AvgIpc) is 3.25. The Hall–Kier alpha value is -2.42. The van der Waals surface area contributed by atoms with Crippen molar-refractivity contribution >= 4 is 23.4 Å². The second-order valence-corrected chi connectivity index (χ2v) is 7.29. The van der Waals surface area contributed by atoms with Gasteiger partial charge in [0.1, 0.15) is 11.8 Å². The number of nitrogens with zero attached hydrogens (tertiary/aromatic N) is 2. The molecule has 2 amide bonds. The molecule has 3 atom stereocenters. The summed E-state index contributed by atoms with van der Waals surface area (Å²) in [6.07, 6.45) is -0.705. The van der Waals surface area contributed by atoms with E-state index in [1.807, 2.05) is 0 Å². The Morgan fingerprint density at radius 2 is 2.11 bits per heavy atom. The van der Waals surface area contributed by atoms with Gasteiger partial charge in [-0.2, -0.15) is 0 Å². The lowest BCUT2D eigenvalue weighted by Gasteiger charge is -2.25. The number of amides is 2. The molecule has 1 saturated heterocycles. The first-order valence-electron chi connectivity index (χ1n) is 8.93. The van der Waals surface area contributed by atoms with Crippen LogP contribution < -0.4 is 5.32 Å². The highest BCUT2D eigenvalue weighted by molar-refractivity contribution is 6.30. The highest BCUT2D eigenvalue weighted by Crippen LogP contribution is 2.22. The number of hydrogen-bond acceptors (Lipinski definition) is 6. The van der Waals surface area contributed by atoms with E-state index in [0.717, 1.165) is 0 Å². The van der Waals surface area contributed by atoms with Crippen LogP contribution in [-0.4, -0.2) is 57.4 Å². The second-order valence-electron chi connectivity index (χ2n) is 6.86. The van der Waals surface area contributed by atoms with Crippen LogP contribution in [0.4, 0.5) is 0 Å². The van der Waals surface area contributed by atoms with Crippen molar-refractivity contribution in [3.63, 3.8) is 0 Å². The quantitative estimate of drug-likeness (QED) is 0.657. The molecule has 8 nitrogen and oxygen atoms in total. The summed E-state index contributed by atoms with van der Waals surface area (Å²) in [5, 5.41) is 26.7. The molecule has 3 unspecified atom stereocenters. The van der Waals surface area contributed by atoms with Gasteiger partial charge in [-0.05, 0) is 24.6 Å².